The maximum absolute atomic E-state index is 12.9. The maximum Gasteiger partial charge on any atom is 0.266 e. The summed E-state index contributed by atoms with van der Waals surface area (Å²) in [7, 11) is -0.215. The molecule has 5 nitrogen and oxygen atoms in total. The van der Waals surface area contributed by atoms with Crippen molar-refractivity contribution >= 4 is 27.1 Å². The zero-order valence-electron chi connectivity index (χ0n) is 12.8. The predicted octanol–water partition coefficient (Wildman–Crippen LogP) is 2.54. The Labute approximate surface area is 139 Å². The normalized spacial score (nSPS) is 18.1. The van der Waals surface area contributed by atoms with E-state index in [1.54, 1.807) is 30.6 Å². The third-order valence-electron chi connectivity index (χ3n) is 3.45. The molecule has 0 unspecified atom stereocenters. The molecule has 0 atom stereocenters. The van der Waals surface area contributed by atoms with Crippen molar-refractivity contribution in [3.8, 4) is 0 Å². The molecule has 23 heavy (non-hydrogen) atoms. The van der Waals surface area contributed by atoms with E-state index in [1.165, 1.54) is 10.4 Å². The minimum atomic E-state index is -3.74. The standard InChI is InChI=1S/C16H16N2O3S2/c1-17(2)11-13-15(19)16-14(8-9-22-16)23(20,21)18(13)10-12-6-4-3-5-7-12/h3-9,11H,10H2,1-2H3/b13-11+. The molecule has 7 heteroatoms. The molecule has 1 aliphatic rings. The summed E-state index contributed by atoms with van der Waals surface area (Å²) in [5.41, 5.74) is 1.00. The average molecular weight is 348 g/mol. The summed E-state index contributed by atoms with van der Waals surface area (Å²) < 4.78 is 27.1. The molecule has 1 aromatic carbocycles. The third-order valence-corrected chi connectivity index (χ3v) is 6.30. The van der Waals surface area contributed by atoms with Gasteiger partial charge in [-0.3, -0.25) is 9.10 Å². The highest BCUT2D eigenvalue weighted by Crippen LogP contribution is 2.36. The van der Waals surface area contributed by atoms with Crippen LogP contribution in [-0.2, 0) is 16.6 Å². The Bertz CT molecular complexity index is 868. The highest BCUT2D eigenvalue weighted by molar-refractivity contribution is 7.89. The van der Waals surface area contributed by atoms with Gasteiger partial charge in [-0.05, 0) is 17.0 Å². The lowest BCUT2D eigenvalue weighted by atomic mass is 10.2. The van der Waals surface area contributed by atoms with Crippen molar-refractivity contribution in [3.05, 3.63) is 64.1 Å². The van der Waals surface area contributed by atoms with Crippen LogP contribution < -0.4 is 0 Å². The molecule has 0 aliphatic carbocycles. The zero-order valence-corrected chi connectivity index (χ0v) is 14.4. The monoisotopic (exact) mass is 348 g/mol. The molecule has 1 aromatic heterocycles. The van der Waals surface area contributed by atoms with Gasteiger partial charge in [0.1, 0.15) is 10.6 Å². The van der Waals surface area contributed by atoms with Crippen molar-refractivity contribution in [2.24, 2.45) is 0 Å². The topological polar surface area (TPSA) is 57.7 Å². The first-order valence-electron chi connectivity index (χ1n) is 6.98. The first kappa shape index (κ1) is 15.8. The van der Waals surface area contributed by atoms with E-state index in [2.05, 4.69) is 0 Å². The molecule has 0 bridgehead atoms. The van der Waals surface area contributed by atoms with Crippen LogP contribution in [0.15, 0.2) is 58.6 Å². The molecule has 0 fully saturated rings. The fourth-order valence-corrected chi connectivity index (χ4v) is 5.23. The number of carbonyl (C=O) groups is 1. The molecule has 3 rings (SSSR count). The largest absolute Gasteiger partial charge is 0.382 e. The summed E-state index contributed by atoms with van der Waals surface area (Å²) in [6.45, 7) is 0.129. The Morgan fingerprint density at radius 3 is 2.52 bits per heavy atom. The molecule has 0 spiro atoms. The summed E-state index contributed by atoms with van der Waals surface area (Å²) >= 11 is 1.16. The molecule has 2 heterocycles. The molecular formula is C16H16N2O3S2. The van der Waals surface area contributed by atoms with Crippen molar-refractivity contribution in [3.63, 3.8) is 0 Å². The van der Waals surface area contributed by atoms with E-state index < -0.39 is 10.0 Å². The van der Waals surface area contributed by atoms with Gasteiger partial charge < -0.3 is 4.90 Å². The summed E-state index contributed by atoms with van der Waals surface area (Å²) in [5, 5.41) is 1.64. The van der Waals surface area contributed by atoms with Crippen molar-refractivity contribution in [1.82, 2.24) is 9.21 Å². The number of hydrogen-bond donors (Lipinski definition) is 0. The Kier molecular flexibility index (Phi) is 3.99. The second kappa shape index (κ2) is 5.82. The molecule has 2 aromatic rings. The lowest BCUT2D eigenvalue weighted by molar-refractivity contribution is 0.100. The van der Waals surface area contributed by atoms with Gasteiger partial charge in [-0.15, -0.1) is 11.3 Å². The zero-order chi connectivity index (χ0) is 16.6. The number of fused-ring (bicyclic) bond motifs is 1. The number of carbonyl (C=O) groups excluding carboxylic acids is 1. The minimum absolute atomic E-state index is 0.0966. The van der Waals surface area contributed by atoms with Crippen LogP contribution in [-0.4, -0.2) is 37.5 Å². The lowest BCUT2D eigenvalue weighted by Crippen LogP contribution is -2.38. The van der Waals surface area contributed by atoms with Crippen LogP contribution in [0.4, 0.5) is 0 Å². The molecule has 120 valence electrons. The maximum atomic E-state index is 12.9. The average Bonchev–Trinajstić information content (AvgIpc) is 3.00. The number of rotatable bonds is 3. The fraction of sp³-hybridized carbons (Fsp3) is 0.188. The highest BCUT2D eigenvalue weighted by Gasteiger charge is 2.40. The van der Waals surface area contributed by atoms with Crippen molar-refractivity contribution in [1.29, 1.82) is 0 Å². The van der Waals surface area contributed by atoms with Crippen molar-refractivity contribution in [2.45, 2.75) is 11.4 Å². The van der Waals surface area contributed by atoms with Crippen LogP contribution >= 0.6 is 11.3 Å². The number of ketones is 1. The molecule has 0 N–H and O–H groups in total. The Balaban J connectivity index is 2.15. The molecule has 1 aliphatic heterocycles. The number of allylic oxidation sites excluding steroid dienone is 1. The van der Waals surface area contributed by atoms with Gasteiger partial charge in [0.25, 0.3) is 10.0 Å². The van der Waals surface area contributed by atoms with Crippen LogP contribution in [0.1, 0.15) is 15.2 Å². The number of thiophene rings is 1. The smallest absolute Gasteiger partial charge is 0.266 e. The van der Waals surface area contributed by atoms with Crippen LogP contribution in [0, 0.1) is 0 Å². The number of Topliss-reactive ketones (excluding diaryl/α,β-unsaturated/α-hetero) is 1. The van der Waals surface area contributed by atoms with Gasteiger partial charge in [0.2, 0.25) is 5.78 Å². The van der Waals surface area contributed by atoms with Gasteiger partial charge in [0.05, 0.1) is 11.4 Å². The second-order valence-corrected chi connectivity index (χ2v) is 8.17. The van der Waals surface area contributed by atoms with E-state index in [0.717, 1.165) is 16.9 Å². The fourth-order valence-electron chi connectivity index (χ4n) is 2.43. The predicted molar refractivity (Wildman–Crippen MR) is 89.6 cm³/mol. The van der Waals surface area contributed by atoms with Gasteiger partial charge in [-0.1, -0.05) is 30.3 Å². The molecular weight excluding hydrogens is 332 g/mol. The molecule has 0 amide bonds. The lowest BCUT2D eigenvalue weighted by Gasteiger charge is -2.30. The first-order chi connectivity index (χ1) is 10.9. The summed E-state index contributed by atoms with van der Waals surface area (Å²) in [4.78, 5) is 14.8. The van der Waals surface area contributed by atoms with Crippen molar-refractivity contribution in [2.75, 3.05) is 14.1 Å². The summed E-state index contributed by atoms with van der Waals surface area (Å²) in [6, 6.07) is 10.7. The van der Waals surface area contributed by atoms with Crippen LogP contribution in [0.3, 0.4) is 0 Å². The van der Waals surface area contributed by atoms with E-state index in [-0.39, 0.29) is 27.8 Å². The Morgan fingerprint density at radius 1 is 1.17 bits per heavy atom. The van der Waals surface area contributed by atoms with E-state index in [4.69, 9.17) is 0 Å². The van der Waals surface area contributed by atoms with Crippen LogP contribution in [0.25, 0.3) is 0 Å². The number of nitrogens with zero attached hydrogens (tertiary/aromatic N) is 2. The van der Waals surface area contributed by atoms with Gasteiger partial charge in [-0.2, -0.15) is 0 Å². The van der Waals surface area contributed by atoms with Gasteiger partial charge in [-0.25, -0.2) is 8.42 Å². The van der Waals surface area contributed by atoms with E-state index in [1.807, 2.05) is 30.3 Å². The first-order valence-corrected chi connectivity index (χ1v) is 9.30. The summed E-state index contributed by atoms with van der Waals surface area (Å²) in [6.07, 6.45) is 1.56. The highest BCUT2D eigenvalue weighted by atomic mass is 32.2. The van der Waals surface area contributed by atoms with Crippen LogP contribution in [0.5, 0.6) is 0 Å². The van der Waals surface area contributed by atoms with E-state index in [0.29, 0.717) is 0 Å². The van der Waals surface area contributed by atoms with E-state index >= 15 is 0 Å². The SMILES string of the molecule is CN(C)/C=C1\C(=O)c2sccc2S(=O)(=O)N1Cc1ccccc1. The molecule has 0 radical (unpaired) electrons. The van der Waals surface area contributed by atoms with Gasteiger partial charge >= 0.3 is 0 Å². The third kappa shape index (κ3) is 2.77. The van der Waals surface area contributed by atoms with Gasteiger partial charge in [0.15, 0.2) is 0 Å². The van der Waals surface area contributed by atoms with Crippen LogP contribution in [0.2, 0.25) is 0 Å². The second-order valence-electron chi connectivity index (χ2n) is 5.42. The minimum Gasteiger partial charge on any atom is -0.382 e. The van der Waals surface area contributed by atoms with E-state index in [9.17, 15) is 13.2 Å². The Morgan fingerprint density at radius 2 is 1.87 bits per heavy atom. The number of benzene rings is 1. The number of sulfonamides is 1. The van der Waals surface area contributed by atoms with Crippen molar-refractivity contribution < 1.29 is 13.2 Å². The quantitative estimate of drug-likeness (QED) is 0.800. The molecule has 0 saturated heterocycles. The number of hydrogen-bond acceptors (Lipinski definition) is 5. The van der Waals surface area contributed by atoms with Gasteiger partial charge in [0, 0.05) is 20.3 Å². The summed E-state index contributed by atoms with van der Waals surface area (Å²) in [5.74, 6) is -0.255. The molecule has 0 saturated carbocycles. The Hall–Kier alpha value is -2.12.